The number of amides is 1. The highest BCUT2D eigenvalue weighted by atomic mass is 16.5. The maximum Gasteiger partial charge on any atom is 0.251 e. The first-order valence-corrected chi connectivity index (χ1v) is 9.97. The van der Waals surface area contributed by atoms with Gasteiger partial charge in [0.1, 0.15) is 5.75 Å². The van der Waals surface area contributed by atoms with E-state index in [0.717, 1.165) is 24.2 Å². The molecule has 1 aromatic carbocycles. The van der Waals surface area contributed by atoms with Crippen molar-refractivity contribution in [1.82, 2.24) is 15.2 Å². The van der Waals surface area contributed by atoms with Crippen LogP contribution in [-0.2, 0) is 4.74 Å². The smallest absolute Gasteiger partial charge is 0.251 e. The van der Waals surface area contributed by atoms with Gasteiger partial charge in [0.15, 0.2) is 0 Å². The predicted octanol–water partition coefficient (Wildman–Crippen LogP) is 2.74. The number of pyridine rings is 1. The number of methoxy groups -OCH3 is 1. The first-order valence-electron chi connectivity index (χ1n) is 9.97. The number of hydrogen-bond acceptors (Lipinski definition) is 5. The fraction of sp³-hybridized carbons (Fsp3) is 0.455. The lowest BCUT2D eigenvalue weighted by Crippen LogP contribution is -2.52. The van der Waals surface area contributed by atoms with E-state index in [1.54, 1.807) is 19.5 Å². The van der Waals surface area contributed by atoms with Crippen LogP contribution in [0.25, 0.3) is 11.1 Å². The van der Waals surface area contributed by atoms with Crippen LogP contribution in [0.2, 0.25) is 0 Å². The zero-order valence-corrected chi connectivity index (χ0v) is 16.3. The Morgan fingerprint density at radius 2 is 1.89 bits per heavy atom. The number of nitrogens with one attached hydrogen (secondary N) is 1. The van der Waals surface area contributed by atoms with Gasteiger partial charge in [-0.3, -0.25) is 14.7 Å². The summed E-state index contributed by atoms with van der Waals surface area (Å²) in [7, 11) is 1.62. The van der Waals surface area contributed by atoms with Gasteiger partial charge < -0.3 is 14.8 Å². The van der Waals surface area contributed by atoms with E-state index in [1.807, 2.05) is 30.3 Å². The molecule has 2 aromatic rings. The maximum absolute atomic E-state index is 12.8. The van der Waals surface area contributed by atoms with Gasteiger partial charge in [0.05, 0.1) is 38.6 Å². The fourth-order valence-electron chi connectivity index (χ4n) is 4.04. The van der Waals surface area contributed by atoms with Crippen LogP contribution >= 0.6 is 0 Å². The molecule has 0 aliphatic carbocycles. The molecule has 0 saturated carbocycles. The van der Waals surface area contributed by atoms with Gasteiger partial charge >= 0.3 is 0 Å². The monoisotopic (exact) mass is 381 g/mol. The molecule has 0 unspecified atom stereocenters. The Balaban J connectivity index is 1.41. The number of hydrogen-bond donors (Lipinski definition) is 1. The average Bonchev–Trinajstić information content (AvgIpc) is 3.22. The van der Waals surface area contributed by atoms with Crippen molar-refractivity contribution in [3.05, 3.63) is 48.3 Å². The molecule has 6 heteroatoms. The third-order valence-corrected chi connectivity index (χ3v) is 5.66. The number of piperidine rings is 1. The van der Waals surface area contributed by atoms with E-state index in [1.165, 1.54) is 19.3 Å². The number of benzene rings is 1. The molecule has 2 aliphatic heterocycles. The highest BCUT2D eigenvalue weighted by Gasteiger charge is 2.34. The van der Waals surface area contributed by atoms with Crippen LogP contribution < -0.4 is 10.1 Å². The summed E-state index contributed by atoms with van der Waals surface area (Å²) in [5.41, 5.74) is 2.61. The molecular weight excluding hydrogens is 354 g/mol. The Bertz CT molecular complexity index is 803. The molecule has 2 atom stereocenters. The number of carbonyl (C=O) groups is 1. The van der Waals surface area contributed by atoms with Crippen molar-refractivity contribution < 1.29 is 14.3 Å². The molecule has 28 heavy (non-hydrogen) atoms. The number of ether oxygens (including phenoxy) is 2. The number of aromatic nitrogens is 1. The molecule has 2 fully saturated rings. The van der Waals surface area contributed by atoms with Gasteiger partial charge in [0.2, 0.25) is 0 Å². The van der Waals surface area contributed by atoms with Crippen LogP contribution in [0.3, 0.4) is 0 Å². The van der Waals surface area contributed by atoms with Gasteiger partial charge in [-0.05, 0) is 49.7 Å². The second kappa shape index (κ2) is 8.71. The van der Waals surface area contributed by atoms with Crippen LogP contribution in [0.1, 0.15) is 29.6 Å². The van der Waals surface area contributed by atoms with Crippen LogP contribution in [0.5, 0.6) is 5.75 Å². The third-order valence-electron chi connectivity index (χ3n) is 5.66. The van der Waals surface area contributed by atoms with E-state index in [0.29, 0.717) is 24.5 Å². The largest absolute Gasteiger partial charge is 0.495 e. The lowest BCUT2D eigenvalue weighted by Gasteiger charge is -2.34. The molecule has 4 rings (SSSR count). The van der Waals surface area contributed by atoms with Crippen LogP contribution in [-0.4, -0.2) is 61.3 Å². The molecule has 0 radical (unpaired) electrons. The first-order chi connectivity index (χ1) is 13.7. The summed E-state index contributed by atoms with van der Waals surface area (Å²) in [5.74, 6) is 0.664. The lowest BCUT2D eigenvalue weighted by molar-refractivity contribution is 0.0900. The van der Waals surface area contributed by atoms with Crippen molar-refractivity contribution in [3.8, 4) is 16.9 Å². The molecule has 6 nitrogen and oxygen atoms in total. The fourth-order valence-corrected chi connectivity index (χ4v) is 4.04. The quantitative estimate of drug-likeness (QED) is 0.863. The van der Waals surface area contributed by atoms with Gasteiger partial charge in [0.25, 0.3) is 5.91 Å². The highest BCUT2D eigenvalue weighted by Crippen LogP contribution is 2.23. The van der Waals surface area contributed by atoms with Crippen molar-refractivity contribution in [2.45, 2.75) is 31.3 Å². The molecule has 3 heterocycles. The molecule has 1 aromatic heterocycles. The standard InChI is InChI=1S/C22H27N3O3/c1-27-19-11-18(12-23-13-19)16-5-7-17(8-6-16)22(26)24-20-14-28-15-21(20)25-9-3-2-4-10-25/h5-8,11-13,20-21H,2-4,9-10,14-15H2,1H3,(H,24,26)/t20-,21-/m0/s1. The summed E-state index contributed by atoms with van der Waals surface area (Å²) >= 11 is 0. The molecule has 148 valence electrons. The van der Waals surface area contributed by atoms with Gasteiger partial charge in [0, 0.05) is 17.3 Å². The Morgan fingerprint density at radius 3 is 2.64 bits per heavy atom. The summed E-state index contributed by atoms with van der Waals surface area (Å²) < 4.78 is 10.9. The van der Waals surface area contributed by atoms with E-state index < -0.39 is 0 Å². The van der Waals surface area contributed by atoms with Crippen molar-refractivity contribution in [3.63, 3.8) is 0 Å². The van der Waals surface area contributed by atoms with Gasteiger partial charge in [-0.25, -0.2) is 0 Å². The molecule has 1 amide bonds. The number of likely N-dealkylation sites (tertiary alicyclic amines) is 1. The molecule has 2 aliphatic rings. The van der Waals surface area contributed by atoms with E-state index in [-0.39, 0.29) is 18.0 Å². The van der Waals surface area contributed by atoms with E-state index in [9.17, 15) is 4.79 Å². The number of rotatable bonds is 5. The molecule has 0 spiro atoms. The molecule has 2 saturated heterocycles. The number of carbonyl (C=O) groups excluding carboxylic acids is 1. The molecular formula is C22H27N3O3. The van der Waals surface area contributed by atoms with Crippen LogP contribution in [0, 0.1) is 0 Å². The van der Waals surface area contributed by atoms with Gasteiger partial charge in [-0.15, -0.1) is 0 Å². The summed E-state index contributed by atoms with van der Waals surface area (Å²) in [6.07, 6.45) is 7.23. The Hall–Kier alpha value is -2.44. The third kappa shape index (κ3) is 4.18. The lowest BCUT2D eigenvalue weighted by atomic mass is 10.0. The second-order valence-electron chi connectivity index (χ2n) is 7.47. The minimum atomic E-state index is -0.0483. The highest BCUT2D eigenvalue weighted by molar-refractivity contribution is 5.95. The summed E-state index contributed by atoms with van der Waals surface area (Å²) in [4.78, 5) is 19.4. The van der Waals surface area contributed by atoms with Crippen molar-refractivity contribution >= 4 is 5.91 Å². The van der Waals surface area contributed by atoms with Gasteiger partial charge in [-0.2, -0.15) is 0 Å². The van der Waals surface area contributed by atoms with Crippen molar-refractivity contribution in [1.29, 1.82) is 0 Å². The SMILES string of the molecule is COc1cncc(-c2ccc(C(=O)N[C@H]3COC[C@@H]3N3CCCCC3)cc2)c1. The average molecular weight is 381 g/mol. The maximum atomic E-state index is 12.8. The second-order valence-corrected chi connectivity index (χ2v) is 7.47. The van der Waals surface area contributed by atoms with Crippen molar-refractivity contribution in [2.75, 3.05) is 33.4 Å². The number of nitrogens with zero attached hydrogens (tertiary/aromatic N) is 2. The molecule has 1 N–H and O–H groups in total. The topological polar surface area (TPSA) is 63.7 Å². The van der Waals surface area contributed by atoms with Gasteiger partial charge in [-0.1, -0.05) is 18.6 Å². The predicted molar refractivity (Wildman–Crippen MR) is 108 cm³/mol. The Labute approximate surface area is 165 Å². The summed E-state index contributed by atoms with van der Waals surface area (Å²) in [6, 6.07) is 9.86. The minimum absolute atomic E-state index is 0.0483. The van der Waals surface area contributed by atoms with E-state index in [2.05, 4.69) is 15.2 Å². The van der Waals surface area contributed by atoms with E-state index in [4.69, 9.17) is 9.47 Å². The molecule has 0 bridgehead atoms. The Morgan fingerprint density at radius 1 is 1.11 bits per heavy atom. The summed E-state index contributed by atoms with van der Waals surface area (Å²) in [6.45, 7) is 3.49. The Kier molecular flexibility index (Phi) is 5.88. The zero-order valence-electron chi connectivity index (χ0n) is 16.3. The zero-order chi connectivity index (χ0) is 19.3. The van der Waals surface area contributed by atoms with E-state index >= 15 is 0 Å². The first kappa shape index (κ1) is 18.9. The normalized spacial score (nSPS) is 22.8. The van der Waals surface area contributed by atoms with Crippen molar-refractivity contribution in [2.24, 2.45) is 0 Å². The summed E-state index contributed by atoms with van der Waals surface area (Å²) in [5, 5.41) is 3.18. The van der Waals surface area contributed by atoms with Crippen LogP contribution in [0.15, 0.2) is 42.7 Å². The minimum Gasteiger partial charge on any atom is -0.495 e. The van der Waals surface area contributed by atoms with Crippen LogP contribution in [0.4, 0.5) is 0 Å².